The lowest BCUT2D eigenvalue weighted by Crippen LogP contribution is -2.39. The van der Waals surface area contributed by atoms with Crippen LogP contribution < -0.4 is 31.1 Å². The number of hydrogen-bond donors (Lipinski definition) is 4. The Balaban J connectivity index is 1.17. The van der Waals surface area contributed by atoms with Gasteiger partial charge in [0.2, 0.25) is 22.9 Å². The van der Waals surface area contributed by atoms with Crippen LogP contribution in [0, 0.1) is 21.7 Å². The molecule has 0 spiro atoms. The molecule has 16 heteroatoms. The number of nitrogens with zero attached hydrogens (tertiary/aromatic N) is 3. The first-order valence-corrected chi connectivity index (χ1v) is 23.0. The first-order chi connectivity index (χ1) is 29.3. The monoisotopic (exact) mass is 917 g/mol. The molecule has 1 unspecified atom stereocenters. The first kappa shape index (κ1) is 49.0. The van der Waals surface area contributed by atoms with Gasteiger partial charge < -0.3 is 15.4 Å². The van der Waals surface area contributed by atoms with Crippen molar-refractivity contribution in [2.75, 3.05) is 34.1 Å². The molecule has 4 N–H and O–H groups in total. The maximum absolute atomic E-state index is 13.9. The van der Waals surface area contributed by atoms with Crippen molar-refractivity contribution in [2.45, 2.75) is 111 Å². The highest BCUT2D eigenvalue weighted by molar-refractivity contribution is 8.03. The van der Waals surface area contributed by atoms with Crippen molar-refractivity contribution in [2.24, 2.45) is 21.7 Å². The second kappa shape index (κ2) is 19.8. The number of hydrazine groups is 1. The predicted molar refractivity (Wildman–Crippen MR) is 254 cm³/mol. The molecule has 4 aromatic rings. The van der Waals surface area contributed by atoms with Crippen LogP contribution in [0.2, 0.25) is 5.02 Å². The number of ether oxygens (including phenoxy) is 1. The van der Waals surface area contributed by atoms with E-state index in [1.165, 1.54) is 5.56 Å². The Morgan fingerprint density at radius 2 is 1.57 bits per heavy atom. The molecule has 1 saturated heterocycles. The van der Waals surface area contributed by atoms with Crippen LogP contribution in [0.5, 0.6) is 5.75 Å². The highest BCUT2D eigenvalue weighted by atomic mass is 35.5. The van der Waals surface area contributed by atoms with Gasteiger partial charge in [0.1, 0.15) is 11.0 Å². The molecule has 1 aromatic heterocycles. The number of carbonyl (C=O) groups is 5. The van der Waals surface area contributed by atoms with Crippen molar-refractivity contribution < 1.29 is 28.7 Å². The molecule has 1 aliphatic rings. The van der Waals surface area contributed by atoms with E-state index in [-0.39, 0.29) is 55.0 Å². The summed E-state index contributed by atoms with van der Waals surface area (Å²) in [5.41, 5.74) is 5.80. The first-order valence-electron chi connectivity index (χ1n) is 21.0. The average molecular weight is 919 g/mol. The van der Waals surface area contributed by atoms with Gasteiger partial charge in [0.25, 0.3) is 5.91 Å². The van der Waals surface area contributed by atoms with Gasteiger partial charge in [-0.3, -0.25) is 39.7 Å². The summed E-state index contributed by atoms with van der Waals surface area (Å²) in [5, 5.41) is 17.5. The van der Waals surface area contributed by atoms with Gasteiger partial charge in [0.15, 0.2) is 10.1 Å². The largest absolute Gasteiger partial charge is 0.493 e. The second-order valence-electron chi connectivity index (χ2n) is 20.0. The fourth-order valence-electron chi connectivity index (χ4n) is 6.67. The number of hydrogen-bond acceptors (Lipinski definition) is 11. The van der Waals surface area contributed by atoms with E-state index in [1.54, 1.807) is 68.2 Å². The molecule has 0 saturated carbocycles. The molecule has 0 radical (unpaired) electrons. The van der Waals surface area contributed by atoms with Crippen molar-refractivity contribution in [3.63, 3.8) is 0 Å². The van der Waals surface area contributed by atoms with Crippen LogP contribution >= 0.6 is 34.7 Å². The van der Waals surface area contributed by atoms with Crippen molar-refractivity contribution in [1.82, 2.24) is 15.6 Å². The summed E-state index contributed by atoms with van der Waals surface area (Å²) in [5.74, 6) is -0.917. The zero-order valence-corrected chi connectivity index (χ0v) is 40.5. The molecule has 5 rings (SSSR count). The van der Waals surface area contributed by atoms with Crippen molar-refractivity contribution in [1.29, 1.82) is 0 Å². The van der Waals surface area contributed by atoms with E-state index in [4.69, 9.17) is 16.3 Å². The Morgan fingerprint density at radius 1 is 0.889 bits per heavy atom. The summed E-state index contributed by atoms with van der Waals surface area (Å²) in [4.78, 5) is 65.9. The summed E-state index contributed by atoms with van der Waals surface area (Å²) >= 11 is 8.45. The molecule has 13 nitrogen and oxygen atoms in total. The minimum atomic E-state index is -1.25. The quantitative estimate of drug-likeness (QED) is 0.0367. The number of amides is 4. The topological polar surface area (TPSA) is 172 Å². The summed E-state index contributed by atoms with van der Waals surface area (Å²) in [7, 11) is 0. The number of nitrogens with one attached hydrogen (secondary N) is 4. The lowest BCUT2D eigenvalue weighted by atomic mass is 9.84. The Morgan fingerprint density at radius 3 is 2.19 bits per heavy atom. The van der Waals surface area contributed by atoms with Gasteiger partial charge >= 0.3 is 0 Å². The minimum Gasteiger partial charge on any atom is -0.493 e. The normalized spacial score (nSPS) is 14.5. The lowest BCUT2D eigenvalue weighted by molar-refractivity contribution is -0.130. The van der Waals surface area contributed by atoms with Crippen LogP contribution in [0.4, 0.5) is 22.2 Å². The number of ketones is 1. The molecule has 4 amide bonds. The van der Waals surface area contributed by atoms with Crippen LogP contribution in [-0.4, -0.2) is 58.0 Å². The smallest absolute Gasteiger partial charge is 0.257 e. The maximum Gasteiger partial charge on any atom is 0.257 e. The van der Waals surface area contributed by atoms with Gasteiger partial charge in [-0.1, -0.05) is 109 Å². The zero-order valence-electron chi connectivity index (χ0n) is 38.1. The number of benzene rings is 3. The van der Waals surface area contributed by atoms with E-state index < -0.39 is 27.9 Å². The Bertz CT molecular complexity index is 2330. The average Bonchev–Trinajstić information content (AvgIpc) is 3.73. The summed E-state index contributed by atoms with van der Waals surface area (Å²) in [6.07, 6.45) is 2.51. The fraction of sp³-hybridized carbons (Fsp3) is 0.468. The second-order valence-corrected chi connectivity index (χ2v) is 22.7. The molecular formula is C47H60ClN7O6S2. The summed E-state index contributed by atoms with van der Waals surface area (Å²) in [6.45, 7) is 23.0. The van der Waals surface area contributed by atoms with Gasteiger partial charge in [0, 0.05) is 23.1 Å². The van der Waals surface area contributed by atoms with E-state index in [0.29, 0.717) is 30.8 Å². The van der Waals surface area contributed by atoms with E-state index in [1.807, 2.05) is 19.9 Å². The number of aromatic nitrogens is 2. The number of rotatable bonds is 16. The van der Waals surface area contributed by atoms with Gasteiger partial charge in [-0.15, -0.1) is 10.2 Å². The van der Waals surface area contributed by atoms with Crippen molar-refractivity contribution in [3.8, 4) is 5.75 Å². The van der Waals surface area contributed by atoms with Crippen molar-refractivity contribution in [3.05, 3.63) is 82.4 Å². The molecular weight excluding hydrogens is 858 g/mol. The number of anilines is 4. The van der Waals surface area contributed by atoms with E-state index >= 15 is 0 Å². The number of carbonyl (C=O) groups excluding carboxylic acids is 5. The molecule has 3 aromatic carbocycles. The maximum atomic E-state index is 13.9. The third-order valence-electron chi connectivity index (χ3n) is 9.80. The van der Waals surface area contributed by atoms with Crippen LogP contribution in [-0.2, 0) is 32.0 Å². The Kier molecular flexibility index (Phi) is 15.4. The molecule has 0 aliphatic carbocycles. The summed E-state index contributed by atoms with van der Waals surface area (Å²) < 4.78 is 6.49. The molecule has 0 bridgehead atoms. The third-order valence-corrected chi connectivity index (χ3v) is 12.2. The zero-order chi connectivity index (χ0) is 46.5. The van der Waals surface area contributed by atoms with Crippen LogP contribution in [0.3, 0.4) is 0 Å². The van der Waals surface area contributed by atoms with Crippen molar-refractivity contribution >= 4 is 86.3 Å². The standard InChI is InChI=1S/C47H60ClN7O6S2/c1-44(2,3)25-28-14-21-35(30(23-28)26-45(4,5)6)61-22-12-13-36(56)49-31-17-20-33(48)34(24-31)50-40(59)37(38(57)46(7,8)9)62-43-53-52-42(63-43)51-39(58)29-15-18-32(19-16-29)55-27-47(10,11)41(60)54-55/h14-21,23-24,37H,12-13,22,25-27H2,1-11H3,(H,49,56)(H,50,59)(H,54,60)(H,51,52,58). The SMILES string of the molecule is CC(C)(C)Cc1ccc(OCCCC(=O)Nc2ccc(Cl)c(NC(=O)C(Sc3nnc(NC(=O)c4ccc(N5CC(C)(C)C(=O)N5)cc4)s3)C(=O)C(C)(C)C)c2)c(CC(C)(C)C)c1. The lowest BCUT2D eigenvalue weighted by Gasteiger charge is -2.23. The van der Waals surface area contributed by atoms with E-state index in [9.17, 15) is 24.0 Å². The molecule has 1 aliphatic heterocycles. The molecule has 1 atom stereocenters. The molecule has 2 heterocycles. The van der Waals surface area contributed by atoms with Crippen LogP contribution in [0.15, 0.2) is 65.0 Å². The van der Waals surface area contributed by atoms with Crippen LogP contribution in [0.25, 0.3) is 0 Å². The van der Waals surface area contributed by atoms with Gasteiger partial charge in [0.05, 0.1) is 35.0 Å². The van der Waals surface area contributed by atoms with E-state index in [2.05, 4.69) is 85.2 Å². The number of halogens is 1. The Labute approximate surface area is 384 Å². The highest BCUT2D eigenvalue weighted by Gasteiger charge is 2.39. The van der Waals surface area contributed by atoms with Crippen LogP contribution in [0.1, 0.15) is 110 Å². The molecule has 63 heavy (non-hydrogen) atoms. The van der Waals surface area contributed by atoms with E-state index in [0.717, 1.165) is 52.9 Å². The molecule has 1 fully saturated rings. The van der Waals surface area contributed by atoms with Gasteiger partial charge in [-0.2, -0.15) is 0 Å². The molecule has 338 valence electrons. The number of Topliss-reactive ketones (excluding diaryl/α,β-unsaturated/α-hetero) is 1. The highest BCUT2D eigenvalue weighted by Crippen LogP contribution is 2.36. The van der Waals surface area contributed by atoms with Gasteiger partial charge in [-0.25, -0.2) is 0 Å². The predicted octanol–water partition coefficient (Wildman–Crippen LogP) is 10.0. The Hall–Kier alpha value is -4.99. The third kappa shape index (κ3) is 14.3. The van der Waals surface area contributed by atoms with Gasteiger partial charge in [-0.05, 0) is 104 Å². The fourth-order valence-corrected chi connectivity index (χ4v) is 8.94. The summed E-state index contributed by atoms with van der Waals surface area (Å²) in [6, 6.07) is 17.9. The number of thioether (sulfide) groups is 1. The minimum absolute atomic E-state index is 0.0754.